The fourth-order valence-corrected chi connectivity index (χ4v) is 2.34. The molecule has 2 rings (SSSR count). The highest BCUT2D eigenvalue weighted by Gasteiger charge is 2.33. The molecule has 0 heterocycles. The van der Waals surface area contributed by atoms with Gasteiger partial charge in [0.2, 0.25) is 5.91 Å². The second-order valence-corrected chi connectivity index (χ2v) is 5.64. The maximum absolute atomic E-state index is 13.1. The Hall–Kier alpha value is -2.37. The van der Waals surface area contributed by atoms with Gasteiger partial charge >= 0.3 is 6.18 Å². The minimum Gasteiger partial charge on any atom is -0.366 e. The number of aliphatic imine (C=N–C) groups is 1. The van der Waals surface area contributed by atoms with Gasteiger partial charge in [-0.15, -0.1) is 24.0 Å². The van der Waals surface area contributed by atoms with Crippen molar-refractivity contribution in [2.45, 2.75) is 19.3 Å². The van der Waals surface area contributed by atoms with Crippen molar-refractivity contribution in [3.63, 3.8) is 0 Å². The van der Waals surface area contributed by atoms with Gasteiger partial charge in [0, 0.05) is 25.7 Å². The number of hydrogen-bond donors (Lipinski definition) is 3. The van der Waals surface area contributed by atoms with Crippen molar-refractivity contribution >= 4 is 35.8 Å². The third kappa shape index (κ3) is 6.66. The molecule has 0 saturated heterocycles. The molecular formula is C18H19F4IN4O. The summed E-state index contributed by atoms with van der Waals surface area (Å²) in [7, 11) is 1.47. The van der Waals surface area contributed by atoms with Crippen LogP contribution in [0, 0.1) is 5.82 Å². The number of primary amides is 1. The summed E-state index contributed by atoms with van der Waals surface area (Å²) in [6.45, 7) is 0.143. The Morgan fingerprint density at radius 1 is 1.07 bits per heavy atom. The lowest BCUT2D eigenvalue weighted by Crippen LogP contribution is -2.36. The Morgan fingerprint density at radius 3 is 2.21 bits per heavy atom. The van der Waals surface area contributed by atoms with Crippen LogP contribution in [0.15, 0.2) is 47.5 Å². The number of nitrogens with zero attached hydrogens (tertiary/aromatic N) is 1. The first-order valence-electron chi connectivity index (χ1n) is 7.89. The molecule has 0 radical (unpaired) electrons. The smallest absolute Gasteiger partial charge is 0.366 e. The highest BCUT2D eigenvalue weighted by molar-refractivity contribution is 14.0. The molecule has 0 spiro atoms. The Bertz CT molecular complexity index is 838. The third-order valence-corrected chi connectivity index (χ3v) is 3.75. The summed E-state index contributed by atoms with van der Waals surface area (Å²) in [4.78, 5) is 15.0. The van der Waals surface area contributed by atoms with E-state index in [2.05, 4.69) is 15.6 Å². The fraction of sp³-hybridized carbons (Fsp3) is 0.222. The van der Waals surface area contributed by atoms with Crippen molar-refractivity contribution < 1.29 is 22.4 Å². The highest BCUT2D eigenvalue weighted by atomic mass is 127. The van der Waals surface area contributed by atoms with Crippen molar-refractivity contribution in [3.8, 4) is 0 Å². The lowest BCUT2D eigenvalue weighted by molar-refractivity contribution is -0.138. The summed E-state index contributed by atoms with van der Waals surface area (Å²) >= 11 is 0. The van der Waals surface area contributed by atoms with Gasteiger partial charge < -0.3 is 16.4 Å². The molecule has 0 aromatic heterocycles. The van der Waals surface area contributed by atoms with E-state index in [0.717, 1.165) is 17.7 Å². The number of benzene rings is 2. The monoisotopic (exact) mass is 510 g/mol. The second kappa shape index (κ2) is 10.2. The summed E-state index contributed by atoms with van der Waals surface area (Å²) in [6.07, 6.45) is -4.65. The molecule has 0 aliphatic carbocycles. The normalized spacial score (nSPS) is 11.5. The number of alkyl halides is 3. The van der Waals surface area contributed by atoms with Crippen LogP contribution in [-0.4, -0.2) is 18.9 Å². The molecular weight excluding hydrogens is 491 g/mol. The summed E-state index contributed by atoms with van der Waals surface area (Å²) in [5, 5.41) is 5.70. The molecule has 0 saturated carbocycles. The summed E-state index contributed by atoms with van der Waals surface area (Å²) < 4.78 is 52.2. The number of halogens is 5. The topological polar surface area (TPSA) is 79.5 Å². The standard InChI is InChI=1S/C18H18F4N4O.HI/c1-24-17(25-9-11-2-4-12(5-3-11)16(23)27)26-10-13-6-7-14(19)8-15(13)18(20,21)22;/h2-8H,9-10H2,1H3,(H2,23,27)(H2,24,25,26);1H. The van der Waals surface area contributed by atoms with Gasteiger partial charge in [-0.25, -0.2) is 4.39 Å². The molecule has 2 aromatic carbocycles. The Kier molecular flexibility index (Phi) is 8.66. The summed E-state index contributed by atoms with van der Waals surface area (Å²) in [5.74, 6) is -1.22. The first-order chi connectivity index (χ1) is 12.7. The number of nitrogens with one attached hydrogen (secondary N) is 2. The van der Waals surface area contributed by atoms with Crippen LogP contribution in [0.1, 0.15) is 27.0 Å². The number of amides is 1. The van der Waals surface area contributed by atoms with E-state index in [9.17, 15) is 22.4 Å². The minimum absolute atomic E-state index is 0. The van der Waals surface area contributed by atoms with Crippen molar-refractivity contribution in [2.24, 2.45) is 10.7 Å². The van der Waals surface area contributed by atoms with E-state index in [4.69, 9.17) is 5.73 Å². The number of carbonyl (C=O) groups is 1. The lowest BCUT2D eigenvalue weighted by atomic mass is 10.1. The third-order valence-electron chi connectivity index (χ3n) is 3.75. The zero-order valence-electron chi connectivity index (χ0n) is 14.8. The largest absolute Gasteiger partial charge is 0.416 e. The van der Waals surface area contributed by atoms with Crippen molar-refractivity contribution in [1.29, 1.82) is 0 Å². The summed E-state index contributed by atoms with van der Waals surface area (Å²) in [5.41, 5.74) is 5.23. The summed E-state index contributed by atoms with van der Waals surface area (Å²) in [6, 6.07) is 9.06. The fourth-order valence-electron chi connectivity index (χ4n) is 2.34. The molecule has 2 aromatic rings. The number of guanidine groups is 1. The number of carbonyl (C=O) groups excluding carboxylic acids is 1. The lowest BCUT2D eigenvalue weighted by Gasteiger charge is -2.16. The highest BCUT2D eigenvalue weighted by Crippen LogP contribution is 2.32. The molecule has 0 atom stereocenters. The van der Waals surface area contributed by atoms with Gasteiger partial charge in [0.05, 0.1) is 5.56 Å². The van der Waals surface area contributed by atoms with Gasteiger partial charge in [-0.1, -0.05) is 18.2 Å². The van der Waals surface area contributed by atoms with Gasteiger partial charge in [-0.2, -0.15) is 13.2 Å². The average Bonchev–Trinajstić information content (AvgIpc) is 2.62. The quantitative estimate of drug-likeness (QED) is 0.250. The van der Waals surface area contributed by atoms with Gasteiger partial charge in [-0.05, 0) is 35.4 Å². The Labute approximate surface area is 176 Å². The van der Waals surface area contributed by atoms with Crippen LogP contribution in [0.25, 0.3) is 0 Å². The van der Waals surface area contributed by atoms with Gasteiger partial charge in [-0.3, -0.25) is 9.79 Å². The zero-order valence-corrected chi connectivity index (χ0v) is 17.1. The van der Waals surface area contributed by atoms with Gasteiger partial charge in [0.25, 0.3) is 0 Å². The molecule has 5 nitrogen and oxygen atoms in total. The molecule has 0 aliphatic heterocycles. The first-order valence-corrected chi connectivity index (χ1v) is 7.89. The molecule has 152 valence electrons. The van der Waals surface area contributed by atoms with E-state index in [1.54, 1.807) is 24.3 Å². The van der Waals surface area contributed by atoms with Crippen LogP contribution in [0.4, 0.5) is 17.6 Å². The molecule has 0 unspecified atom stereocenters. The molecule has 0 aliphatic rings. The van der Waals surface area contributed by atoms with Crippen LogP contribution in [-0.2, 0) is 19.3 Å². The number of nitrogens with two attached hydrogens (primary N) is 1. The van der Waals surface area contributed by atoms with Gasteiger partial charge in [0.15, 0.2) is 5.96 Å². The maximum atomic E-state index is 13.1. The van der Waals surface area contributed by atoms with Gasteiger partial charge in [0.1, 0.15) is 5.82 Å². The maximum Gasteiger partial charge on any atom is 0.416 e. The predicted octanol–water partition coefficient (Wildman–Crippen LogP) is 3.43. The molecule has 10 heteroatoms. The molecule has 28 heavy (non-hydrogen) atoms. The van der Waals surface area contributed by atoms with Crippen molar-refractivity contribution in [2.75, 3.05) is 7.05 Å². The van der Waals surface area contributed by atoms with E-state index in [0.29, 0.717) is 18.2 Å². The van der Waals surface area contributed by atoms with Crippen LogP contribution in [0.3, 0.4) is 0 Å². The molecule has 1 amide bonds. The minimum atomic E-state index is -4.65. The van der Waals surface area contributed by atoms with Crippen LogP contribution < -0.4 is 16.4 Å². The van der Waals surface area contributed by atoms with E-state index >= 15 is 0 Å². The number of rotatable bonds is 5. The second-order valence-electron chi connectivity index (χ2n) is 5.64. The van der Waals surface area contributed by atoms with Crippen LogP contribution in [0.2, 0.25) is 0 Å². The van der Waals surface area contributed by atoms with Crippen LogP contribution in [0.5, 0.6) is 0 Å². The molecule has 0 fully saturated rings. The predicted molar refractivity (Wildman–Crippen MR) is 109 cm³/mol. The zero-order chi connectivity index (χ0) is 20.0. The SMILES string of the molecule is CN=C(NCc1ccc(C(N)=O)cc1)NCc1ccc(F)cc1C(F)(F)F.I. The molecule has 4 N–H and O–H groups in total. The first kappa shape index (κ1) is 23.7. The van der Waals surface area contributed by atoms with Crippen molar-refractivity contribution in [3.05, 3.63) is 70.5 Å². The average molecular weight is 510 g/mol. The Balaban J connectivity index is 0.00000392. The van der Waals surface area contributed by atoms with E-state index in [-0.39, 0.29) is 42.0 Å². The Morgan fingerprint density at radius 2 is 1.68 bits per heavy atom. The number of hydrogen-bond acceptors (Lipinski definition) is 2. The van der Waals surface area contributed by atoms with Crippen LogP contribution >= 0.6 is 24.0 Å². The van der Waals surface area contributed by atoms with Crippen molar-refractivity contribution in [1.82, 2.24) is 10.6 Å². The van der Waals surface area contributed by atoms with E-state index < -0.39 is 23.5 Å². The van der Waals surface area contributed by atoms with E-state index in [1.165, 1.54) is 7.05 Å². The van der Waals surface area contributed by atoms with E-state index in [1.807, 2.05) is 0 Å². The molecule has 0 bridgehead atoms.